The molecule has 1 aromatic heterocycles. The highest BCUT2D eigenvalue weighted by atomic mass is 35.5. The Morgan fingerprint density at radius 1 is 1.26 bits per heavy atom. The highest BCUT2D eigenvalue weighted by Crippen LogP contribution is 2.31. The molecule has 1 heterocycles. The van der Waals surface area contributed by atoms with E-state index in [0.29, 0.717) is 0 Å². The monoisotopic (exact) mass is 295 g/mol. The molecule has 2 unspecified atom stereocenters. The van der Waals surface area contributed by atoms with Gasteiger partial charge in [-0.15, -0.1) is 11.3 Å². The largest absolute Gasteiger partial charge is 0.483 e. The number of rotatable bonds is 4. The number of nitrogens with two attached hydrogens (primary N) is 1. The lowest BCUT2D eigenvalue weighted by atomic mass is 10.1. The molecular weight excluding hydrogens is 278 g/mol. The van der Waals surface area contributed by atoms with Gasteiger partial charge in [-0.05, 0) is 55.5 Å². The molecule has 0 amide bonds. The maximum absolute atomic E-state index is 6.17. The molecule has 102 valence electrons. The van der Waals surface area contributed by atoms with E-state index in [4.69, 9.17) is 22.1 Å². The molecule has 0 saturated heterocycles. The number of aryl methyl sites for hydroxylation is 2. The Balaban J connectivity index is 2.28. The lowest BCUT2D eigenvalue weighted by Crippen LogP contribution is -2.28. The summed E-state index contributed by atoms with van der Waals surface area (Å²) in [6.45, 7) is 5.92. The van der Waals surface area contributed by atoms with Gasteiger partial charge in [-0.1, -0.05) is 17.7 Å². The summed E-state index contributed by atoms with van der Waals surface area (Å²) in [7, 11) is 0. The first-order valence-corrected chi connectivity index (χ1v) is 7.47. The van der Waals surface area contributed by atoms with Gasteiger partial charge in [0.1, 0.15) is 11.9 Å². The molecule has 0 aliphatic rings. The van der Waals surface area contributed by atoms with Gasteiger partial charge in [-0.2, -0.15) is 0 Å². The number of thiophene rings is 1. The van der Waals surface area contributed by atoms with Gasteiger partial charge in [0.15, 0.2) is 0 Å². The van der Waals surface area contributed by atoms with Gasteiger partial charge in [0, 0.05) is 15.9 Å². The summed E-state index contributed by atoms with van der Waals surface area (Å²) in [6, 6.07) is 7.90. The Bertz CT molecular complexity index is 528. The molecule has 0 aliphatic heterocycles. The van der Waals surface area contributed by atoms with Gasteiger partial charge < -0.3 is 10.5 Å². The zero-order chi connectivity index (χ0) is 14.0. The van der Waals surface area contributed by atoms with Crippen molar-refractivity contribution in [3.05, 3.63) is 50.7 Å². The molecule has 0 aliphatic carbocycles. The molecule has 0 spiro atoms. The first-order chi connectivity index (χ1) is 8.99. The van der Waals surface area contributed by atoms with Gasteiger partial charge in [-0.25, -0.2) is 0 Å². The van der Waals surface area contributed by atoms with Crippen LogP contribution in [0.1, 0.15) is 29.0 Å². The second kappa shape index (κ2) is 5.95. The maximum atomic E-state index is 6.17. The zero-order valence-corrected chi connectivity index (χ0v) is 12.9. The predicted octanol–water partition coefficient (Wildman–Crippen LogP) is 4.49. The normalized spacial score (nSPS) is 14.2. The van der Waals surface area contributed by atoms with E-state index in [0.717, 1.165) is 26.8 Å². The van der Waals surface area contributed by atoms with E-state index in [2.05, 4.69) is 0 Å². The van der Waals surface area contributed by atoms with E-state index in [1.807, 2.05) is 50.4 Å². The molecule has 2 nitrogen and oxygen atoms in total. The van der Waals surface area contributed by atoms with Crippen molar-refractivity contribution in [2.45, 2.75) is 32.9 Å². The summed E-state index contributed by atoms with van der Waals surface area (Å²) < 4.78 is 6.06. The lowest BCUT2D eigenvalue weighted by molar-refractivity contribution is 0.184. The van der Waals surface area contributed by atoms with E-state index in [1.54, 1.807) is 11.3 Å². The Morgan fingerprint density at radius 2 is 1.89 bits per heavy atom. The van der Waals surface area contributed by atoms with Crippen LogP contribution in [0.2, 0.25) is 5.02 Å². The molecule has 1 aromatic carbocycles. The minimum atomic E-state index is -0.125. The highest BCUT2D eigenvalue weighted by molar-refractivity contribution is 7.10. The smallest absolute Gasteiger partial charge is 0.148 e. The molecule has 2 rings (SSSR count). The second-order valence-corrected chi connectivity index (χ2v) is 6.14. The molecule has 19 heavy (non-hydrogen) atoms. The Kier molecular flexibility index (Phi) is 4.50. The first kappa shape index (κ1) is 14.4. The molecule has 2 N–H and O–H groups in total. The van der Waals surface area contributed by atoms with Gasteiger partial charge in [0.05, 0.1) is 0 Å². The molecule has 0 saturated carbocycles. The quantitative estimate of drug-likeness (QED) is 0.902. The Labute approximate surface area is 123 Å². The third-order valence-electron chi connectivity index (χ3n) is 2.97. The minimum Gasteiger partial charge on any atom is -0.483 e. The summed E-state index contributed by atoms with van der Waals surface area (Å²) in [5.41, 5.74) is 8.08. The van der Waals surface area contributed by atoms with Crippen LogP contribution in [-0.4, -0.2) is 6.04 Å². The fourth-order valence-electron chi connectivity index (χ4n) is 2.00. The number of hydrogen-bond acceptors (Lipinski definition) is 3. The third kappa shape index (κ3) is 3.30. The Hall–Kier alpha value is -1.03. The van der Waals surface area contributed by atoms with Crippen LogP contribution in [-0.2, 0) is 0 Å². The number of ether oxygens (including phenoxy) is 1. The SMILES string of the molecule is Cc1cc(OC(c2cccs2)C(C)N)cc(C)c1Cl. The average Bonchev–Trinajstić information content (AvgIpc) is 2.86. The van der Waals surface area contributed by atoms with E-state index in [-0.39, 0.29) is 12.1 Å². The van der Waals surface area contributed by atoms with E-state index in [9.17, 15) is 0 Å². The van der Waals surface area contributed by atoms with Crippen LogP contribution < -0.4 is 10.5 Å². The van der Waals surface area contributed by atoms with E-state index >= 15 is 0 Å². The van der Waals surface area contributed by atoms with Gasteiger partial charge >= 0.3 is 0 Å². The molecule has 4 heteroatoms. The van der Waals surface area contributed by atoms with Crippen LogP contribution in [0, 0.1) is 13.8 Å². The first-order valence-electron chi connectivity index (χ1n) is 6.21. The van der Waals surface area contributed by atoms with Crippen LogP contribution in [0.5, 0.6) is 5.75 Å². The highest BCUT2D eigenvalue weighted by Gasteiger charge is 2.19. The number of benzene rings is 1. The molecule has 0 fully saturated rings. The molecule has 0 radical (unpaired) electrons. The standard InChI is InChI=1S/C15H18ClNOS/c1-9-7-12(8-10(2)14(9)16)18-15(11(3)17)13-5-4-6-19-13/h4-8,11,15H,17H2,1-3H3. The van der Waals surface area contributed by atoms with Crippen molar-refractivity contribution in [3.8, 4) is 5.75 Å². The number of hydrogen-bond donors (Lipinski definition) is 1. The molecule has 2 aromatic rings. The maximum Gasteiger partial charge on any atom is 0.148 e. The van der Waals surface area contributed by atoms with Crippen molar-refractivity contribution in [2.24, 2.45) is 5.73 Å². The molecule has 2 atom stereocenters. The van der Waals surface area contributed by atoms with Crippen molar-refractivity contribution < 1.29 is 4.74 Å². The van der Waals surface area contributed by atoms with Crippen LogP contribution in [0.25, 0.3) is 0 Å². The lowest BCUT2D eigenvalue weighted by Gasteiger charge is -2.22. The number of halogens is 1. The second-order valence-electron chi connectivity index (χ2n) is 4.78. The van der Waals surface area contributed by atoms with Crippen molar-refractivity contribution in [1.82, 2.24) is 0 Å². The molecule has 0 bridgehead atoms. The van der Waals surface area contributed by atoms with Crippen LogP contribution >= 0.6 is 22.9 Å². The van der Waals surface area contributed by atoms with Crippen molar-refractivity contribution >= 4 is 22.9 Å². The third-order valence-corrected chi connectivity index (χ3v) is 4.50. The molecular formula is C15H18ClNOS. The van der Waals surface area contributed by atoms with Crippen molar-refractivity contribution in [1.29, 1.82) is 0 Å². The van der Waals surface area contributed by atoms with E-state index < -0.39 is 0 Å². The zero-order valence-electron chi connectivity index (χ0n) is 11.3. The average molecular weight is 296 g/mol. The predicted molar refractivity (Wildman–Crippen MR) is 82.3 cm³/mol. The summed E-state index contributed by atoms with van der Waals surface area (Å²) >= 11 is 7.83. The summed E-state index contributed by atoms with van der Waals surface area (Å²) in [4.78, 5) is 1.14. The summed E-state index contributed by atoms with van der Waals surface area (Å²) in [5.74, 6) is 0.815. The van der Waals surface area contributed by atoms with Crippen LogP contribution in [0.15, 0.2) is 29.6 Å². The van der Waals surface area contributed by atoms with Gasteiger partial charge in [-0.3, -0.25) is 0 Å². The van der Waals surface area contributed by atoms with Crippen molar-refractivity contribution in [2.75, 3.05) is 0 Å². The minimum absolute atomic E-state index is 0.0741. The summed E-state index contributed by atoms with van der Waals surface area (Å²) in [6.07, 6.45) is -0.125. The van der Waals surface area contributed by atoms with Crippen LogP contribution in [0.3, 0.4) is 0 Å². The van der Waals surface area contributed by atoms with Crippen LogP contribution in [0.4, 0.5) is 0 Å². The van der Waals surface area contributed by atoms with Gasteiger partial charge in [0.25, 0.3) is 0 Å². The van der Waals surface area contributed by atoms with Crippen molar-refractivity contribution in [3.63, 3.8) is 0 Å². The topological polar surface area (TPSA) is 35.2 Å². The Morgan fingerprint density at radius 3 is 2.37 bits per heavy atom. The van der Waals surface area contributed by atoms with E-state index in [1.165, 1.54) is 0 Å². The van der Waals surface area contributed by atoms with Gasteiger partial charge in [0.2, 0.25) is 0 Å². The fourth-order valence-corrected chi connectivity index (χ4v) is 2.98. The fraction of sp³-hybridized carbons (Fsp3) is 0.333. The summed E-state index contributed by atoms with van der Waals surface area (Å²) in [5, 5.41) is 2.83.